The fourth-order valence-corrected chi connectivity index (χ4v) is 6.23. The molecule has 4 rings (SSSR count). The van der Waals surface area contributed by atoms with Crippen molar-refractivity contribution in [3.63, 3.8) is 0 Å². The topological polar surface area (TPSA) is 79.7 Å². The van der Waals surface area contributed by atoms with E-state index >= 15 is 0 Å². The maximum absolute atomic E-state index is 14.4. The summed E-state index contributed by atoms with van der Waals surface area (Å²) in [6.07, 6.45) is 3.26. The number of sulfonamides is 1. The van der Waals surface area contributed by atoms with Crippen LogP contribution in [-0.2, 0) is 15.6 Å². The highest BCUT2D eigenvalue weighted by Gasteiger charge is 2.54. The molecule has 2 aliphatic rings. The molecule has 2 bridgehead atoms. The average molecular weight is 424 g/mol. The van der Waals surface area contributed by atoms with E-state index in [-0.39, 0.29) is 29.3 Å². The third-order valence-electron chi connectivity index (χ3n) is 6.15. The molecule has 1 aliphatic heterocycles. The van der Waals surface area contributed by atoms with Gasteiger partial charge in [-0.1, -0.05) is 12.5 Å². The normalized spacial score (nSPS) is 27.6. The Morgan fingerprint density at radius 3 is 2.48 bits per heavy atom. The highest BCUT2D eigenvalue weighted by Crippen LogP contribution is 2.50. The molecule has 29 heavy (non-hydrogen) atoms. The molecule has 2 heterocycles. The molecule has 1 unspecified atom stereocenters. The molecule has 1 aromatic heterocycles. The van der Waals surface area contributed by atoms with Gasteiger partial charge in [0.05, 0.1) is 12.0 Å². The van der Waals surface area contributed by atoms with Crippen LogP contribution in [-0.4, -0.2) is 43.0 Å². The highest BCUT2D eigenvalue weighted by molar-refractivity contribution is 7.89. The second-order valence-corrected chi connectivity index (χ2v) is 9.55. The van der Waals surface area contributed by atoms with E-state index in [1.165, 1.54) is 35.8 Å². The minimum atomic E-state index is -3.98. The zero-order valence-corrected chi connectivity index (χ0v) is 16.7. The number of rotatable bonds is 4. The largest absolute Gasteiger partial charge is 0.494 e. The van der Waals surface area contributed by atoms with E-state index in [9.17, 15) is 22.3 Å². The average Bonchev–Trinajstić information content (AvgIpc) is 2.67. The van der Waals surface area contributed by atoms with Gasteiger partial charge >= 0.3 is 0 Å². The number of methoxy groups -OCH3 is 1. The number of piperidine rings is 1. The van der Waals surface area contributed by atoms with Gasteiger partial charge in [0.25, 0.3) is 0 Å². The number of halogens is 2. The fourth-order valence-electron chi connectivity index (χ4n) is 4.69. The molecule has 9 heteroatoms. The maximum atomic E-state index is 14.4. The molecular formula is C20H22F2N2O4S. The van der Waals surface area contributed by atoms with E-state index in [0.29, 0.717) is 12.8 Å². The Morgan fingerprint density at radius 2 is 1.90 bits per heavy atom. The lowest BCUT2D eigenvalue weighted by Gasteiger charge is -2.52. The van der Waals surface area contributed by atoms with E-state index < -0.39 is 39.2 Å². The first kappa shape index (κ1) is 20.2. The van der Waals surface area contributed by atoms with E-state index in [2.05, 4.69) is 4.98 Å². The summed E-state index contributed by atoms with van der Waals surface area (Å²) in [7, 11) is -2.67. The molecular weight excluding hydrogens is 402 g/mol. The first-order valence-electron chi connectivity index (χ1n) is 9.45. The minimum Gasteiger partial charge on any atom is -0.494 e. The van der Waals surface area contributed by atoms with Gasteiger partial charge in [0.2, 0.25) is 16.0 Å². The first-order chi connectivity index (χ1) is 13.8. The standard InChI is InChI=1S/C20H22F2N2O4S/c1-28-18-8-7-15(10-17(18)21)29(26,27)24-11-13-4-2-5-14(12-24)20(13,25)16-6-3-9-23-19(16)22/h3,6-10,13-14,25H,2,4-5,11-12H2,1H3/t13-,14+,20?. The summed E-state index contributed by atoms with van der Waals surface area (Å²) in [5, 5.41) is 11.5. The Morgan fingerprint density at radius 1 is 1.21 bits per heavy atom. The van der Waals surface area contributed by atoms with Gasteiger partial charge in [-0.25, -0.2) is 17.8 Å². The van der Waals surface area contributed by atoms with Crippen molar-refractivity contribution in [3.8, 4) is 5.75 Å². The number of pyridine rings is 1. The number of fused-ring (bicyclic) bond motifs is 2. The highest BCUT2D eigenvalue weighted by atomic mass is 32.2. The predicted octanol–water partition coefficient (Wildman–Crippen LogP) is 2.68. The first-order valence-corrected chi connectivity index (χ1v) is 10.9. The number of ether oxygens (including phenoxy) is 1. The van der Waals surface area contributed by atoms with Crippen molar-refractivity contribution in [2.45, 2.75) is 29.8 Å². The lowest BCUT2D eigenvalue weighted by Crippen LogP contribution is -2.59. The second-order valence-electron chi connectivity index (χ2n) is 7.61. The summed E-state index contributed by atoms with van der Waals surface area (Å²) in [6.45, 7) is 0.0502. The van der Waals surface area contributed by atoms with Gasteiger partial charge in [-0.3, -0.25) is 0 Å². The Kier molecular flexibility index (Phi) is 5.08. The number of aromatic nitrogens is 1. The molecule has 156 valence electrons. The molecule has 1 saturated carbocycles. The molecule has 0 radical (unpaired) electrons. The molecule has 0 amide bonds. The minimum absolute atomic E-state index is 0.0251. The van der Waals surface area contributed by atoms with Crippen LogP contribution < -0.4 is 4.74 Å². The number of nitrogens with zero attached hydrogens (tertiary/aromatic N) is 2. The van der Waals surface area contributed by atoms with Gasteiger partial charge in [0.1, 0.15) is 5.60 Å². The maximum Gasteiger partial charge on any atom is 0.243 e. The van der Waals surface area contributed by atoms with Crippen LogP contribution in [0.25, 0.3) is 0 Å². The molecule has 2 fully saturated rings. The number of hydrogen-bond acceptors (Lipinski definition) is 5. The van der Waals surface area contributed by atoms with Crippen molar-refractivity contribution in [2.75, 3.05) is 20.2 Å². The predicted molar refractivity (Wildman–Crippen MR) is 101 cm³/mol. The van der Waals surface area contributed by atoms with Gasteiger partial charge in [0, 0.05) is 36.7 Å². The van der Waals surface area contributed by atoms with Crippen molar-refractivity contribution in [1.82, 2.24) is 9.29 Å². The summed E-state index contributed by atoms with van der Waals surface area (Å²) in [4.78, 5) is 3.48. The van der Waals surface area contributed by atoms with E-state index in [1.807, 2.05) is 0 Å². The summed E-state index contributed by atoms with van der Waals surface area (Å²) in [5.74, 6) is -2.50. The molecule has 2 aromatic rings. The fraction of sp³-hybridized carbons (Fsp3) is 0.450. The molecule has 1 N–H and O–H groups in total. The third kappa shape index (κ3) is 3.21. The number of hydrogen-bond donors (Lipinski definition) is 1. The zero-order chi connectivity index (χ0) is 20.8. The van der Waals surface area contributed by atoms with Crippen molar-refractivity contribution in [3.05, 3.63) is 53.9 Å². The third-order valence-corrected chi connectivity index (χ3v) is 7.98. The van der Waals surface area contributed by atoms with Crippen molar-refractivity contribution in [1.29, 1.82) is 0 Å². The summed E-state index contributed by atoms with van der Waals surface area (Å²) in [5.41, 5.74) is -1.37. The lowest BCUT2D eigenvalue weighted by molar-refractivity contribution is -0.135. The lowest BCUT2D eigenvalue weighted by atomic mass is 9.63. The Hall–Kier alpha value is -2.10. The van der Waals surface area contributed by atoms with Crippen molar-refractivity contribution in [2.24, 2.45) is 11.8 Å². The summed E-state index contributed by atoms with van der Waals surface area (Å²) in [6, 6.07) is 6.58. The van der Waals surface area contributed by atoms with Gasteiger partial charge in [-0.2, -0.15) is 8.70 Å². The smallest absolute Gasteiger partial charge is 0.243 e. The van der Waals surface area contributed by atoms with Crippen molar-refractivity contribution < 1.29 is 27.0 Å². The number of benzene rings is 1. The molecule has 6 nitrogen and oxygen atoms in total. The van der Waals surface area contributed by atoms with E-state index in [0.717, 1.165) is 12.5 Å². The van der Waals surface area contributed by atoms with Crippen LogP contribution in [0.2, 0.25) is 0 Å². The zero-order valence-electron chi connectivity index (χ0n) is 15.9. The van der Waals surface area contributed by atoms with Crippen LogP contribution in [0.3, 0.4) is 0 Å². The second kappa shape index (κ2) is 7.30. The molecule has 0 spiro atoms. The Bertz CT molecular complexity index is 1020. The summed E-state index contributed by atoms with van der Waals surface area (Å²) >= 11 is 0. The van der Waals surface area contributed by atoms with Crippen molar-refractivity contribution >= 4 is 10.0 Å². The van der Waals surface area contributed by atoms with Crippen LogP contribution in [0.15, 0.2) is 41.4 Å². The Balaban J connectivity index is 1.68. The van der Waals surface area contributed by atoms with Gasteiger partial charge < -0.3 is 9.84 Å². The van der Waals surface area contributed by atoms with Crippen LogP contribution in [0.1, 0.15) is 24.8 Å². The van der Waals surface area contributed by atoms with Crippen LogP contribution in [0, 0.1) is 23.6 Å². The Labute approximate surface area is 168 Å². The summed E-state index contributed by atoms with van der Waals surface area (Å²) < 4.78 is 60.8. The van der Waals surface area contributed by atoms with E-state index in [1.54, 1.807) is 6.07 Å². The molecule has 1 aromatic carbocycles. The van der Waals surface area contributed by atoms with Crippen LogP contribution in [0.4, 0.5) is 8.78 Å². The van der Waals surface area contributed by atoms with Crippen LogP contribution >= 0.6 is 0 Å². The quantitative estimate of drug-likeness (QED) is 0.764. The number of aliphatic hydroxyl groups is 1. The molecule has 1 saturated heterocycles. The van der Waals surface area contributed by atoms with Gasteiger partial charge in [-0.15, -0.1) is 0 Å². The molecule has 1 aliphatic carbocycles. The monoisotopic (exact) mass is 424 g/mol. The SMILES string of the molecule is COc1ccc(S(=O)(=O)N2C[C@H]3CCC[C@@H](C2)C3(O)c2cccnc2F)cc1F. The van der Waals surface area contributed by atoms with Gasteiger partial charge in [-0.05, 0) is 37.1 Å². The van der Waals surface area contributed by atoms with Crippen LogP contribution in [0.5, 0.6) is 5.75 Å². The van der Waals surface area contributed by atoms with E-state index in [4.69, 9.17) is 4.74 Å². The molecule has 3 atom stereocenters. The van der Waals surface area contributed by atoms with Gasteiger partial charge in [0.15, 0.2) is 11.6 Å².